The molecule has 0 fully saturated rings. The minimum atomic E-state index is 0.0594. The summed E-state index contributed by atoms with van der Waals surface area (Å²) in [5.41, 5.74) is 5.63. The first-order valence-electron chi connectivity index (χ1n) is 7.44. The summed E-state index contributed by atoms with van der Waals surface area (Å²) in [6, 6.07) is 20.9. The van der Waals surface area contributed by atoms with Gasteiger partial charge in [0.25, 0.3) is 5.56 Å². The monoisotopic (exact) mass is 289 g/mol. The van der Waals surface area contributed by atoms with Crippen LogP contribution in [0.2, 0.25) is 0 Å². The van der Waals surface area contributed by atoms with Crippen molar-refractivity contribution in [3.05, 3.63) is 93.9 Å². The Bertz CT molecular complexity index is 821. The molecule has 3 rings (SSSR count). The third kappa shape index (κ3) is 3.01. The van der Waals surface area contributed by atoms with E-state index in [9.17, 15) is 4.79 Å². The first kappa shape index (κ1) is 14.3. The molecule has 0 N–H and O–H groups in total. The number of hydrogen-bond donors (Lipinski definition) is 0. The van der Waals surface area contributed by atoms with Gasteiger partial charge in [0, 0.05) is 18.8 Å². The van der Waals surface area contributed by atoms with E-state index in [1.807, 2.05) is 25.3 Å². The van der Waals surface area contributed by atoms with Gasteiger partial charge in [0.15, 0.2) is 0 Å². The molecule has 0 unspecified atom stereocenters. The Hall–Kier alpha value is -2.61. The average molecular weight is 289 g/mol. The molecular formula is C20H19NO. The zero-order chi connectivity index (χ0) is 15.5. The van der Waals surface area contributed by atoms with Crippen LogP contribution in [0.15, 0.2) is 71.7 Å². The second-order valence-electron chi connectivity index (χ2n) is 5.69. The van der Waals surface area contributed by atoms with Crippen LogP contribution in [0, 0.1) is 6.92 Å². The van der Waals surface area contributed by atoms with Crippen LogP contribution in [-0.2, 0) is 13.5 Å². The van der Waals surface area contributed by atoms with Crippen molar-refractivity contribution in [2.45, 2.75) is 13.3 Å². The Labute approximate surface area is 130 Å². The molecule has 1 aromatic heterocycles. The van der Waals surface area contributed by atoms with E-state index in [0.717, 1.165) is 23.1 Å². The molecule has 0 aliphatic carbocycles. The van der Waals surface area contributed by atoms with Gasteiger partial charge < -0.3 is 4.57 Å². The molecule has 0 aliphatic rings. The Morgan fingerprint density at radius 3 is 2.32 bits per heavy atom. The number of hydrogen-bond acceptors (Lipinski definition) is 1. The summed E-state index contributed by atoms with van der Waals surface area (Å²) < 4.78 is 1.65. The summed E-state index contributed by atoms with van der Waals surface area (Å²) in [6.07, 6.45) is 2.82. The lowest BCUT2D eigenvalue weighted by molar-refractivity contribution is 0.850. The summed E-state index contributed by atoms with van der Waals surface area (Å²) in [5, 5.41) is 0. The van der Waals surface area contributed by atoms with E-state index < -0.39 is 0 Å². The molecule has 1 heterocycles. The molecule has 0 spiro atoms. The van der Waals surface area contributed by atoms with Gasteiger partial charge in [0.1, 0.15) is 0 Å². The van der Waals surface area contributed by atoms with Gasteiger partial charge in [0.05, 0.1) is 0 Å². The van der Waals surface area contributed by atoms with Gasteiger partial charge in [-0.2, -0.15) is 0 Å². The third-order valence-corrected chi connectivity index (χ3v) is 3.87. The SMILES string of the molecule is Cc1cc(-c2cccc(Cc3ccccc3)c2)cn(C)c1=O. The van der Waals surface area contributed by atoms with Gasteiger partial charge in [-0.3, -0.25) is 4.79 Å². The largest absolute Gasteiger partial charge is 0.318 e. The lowest BCUT2D eigenvalue weighted by Gasteiger charge is -2.09. The molecule has 0 amide bonds. The zero-order valence-electron chi connectivity index (χ0n) is 12.9. The summed E-state index contributed by atoms with van der Waals surface area (Å²) in [6.45, 7) is 1.86. The maximum atomic E-state index is 11.8. The average Bonchev–Trinajstić information content (AvgIpc) is 2.53. The minimum Gasteiger partial charge on any atom is -0.318 e. The molecule has 0 aliphatic heterocycles. The van der Waals surface area contributed by atoms with Gasteiger partial charge in [0.2, 0.25) is 0 Å². The van der Waals surface area contributed by atoms with E-state index >= 15 is 0 Å². The third-order valence-electron chi connectivity index (χ3n) is 3.87. The molecular weight excluding hydrogens is 270 g/mol. The molecule has 2 heteroatoms. The van der Waals surface area contributed by atoms with Gasteiger partial charge in [-0.15, -0.1) is 0 Å². The minimum absolute atomic E-state index is 0.0594. The van der Waals surface area contributed by atoms with Crippen LogP contribution in [0.1, 0.15) is 16.7 Å². The summed E-state index contributed by atoms with van der Waals surface area (Å²) in [5.74, 6) is 0. The highest BCUT2D eigenvalue weighted by molar-refractivity contribution is 5.64. The summed E-state index contributed by atoms with van der Waals surface area (Å²) in [7, 11) is 1.80. The number of aryl methyl sites for hydroxylation is 2. The van der Waals surface area contributed by atoms with Crippen molar-refractivity contribution in [2.75, 3.05) is 0 Å². The predicted molar refractivity (Wildman–Crippen MR) is 91.1 cm³/mol. The number of nitrogens with zero attached hydrogens (tertiary/aromatic N) is 1. The smallest absolute Gasteiger partial charge is 0.253 e. The van der Waals surface area contributed by atoms with Crippen LogP contribution in [0.5, 0.6) is 0 Å². The fraction of sp³-hybridized carbons (Fsp3) is 0.150. The first-order chi connectivity index (χ1) is 10.6. The highest BCUT2D eigenvalue weighted by Crippen LogP contribution is 2.21. The zero-order valence-corrected chi connectivity index (χ0v) is 12.9. The quantitative estimate of drug-likeness (QED) is 0.715. The van der Waals surface area contributed by atoms with E-state index in [0.29, 0.717) is 0 Å². The van der Waals surface area contributed by atoms with E-state index in [4.69, 9.17) is 0 Å². The van der Waals surface area contributed by atoms with Crippen LogP contribution < -0.4 is 5.56 Å². The summed E-state index contributed by atoms with van der Waals surface area (Å²) >= 11 is 0. The standard InChI is InChI=1S/C20H19NO/c1-15-11-19(14-21(2)20(15)22)18-10-6-9-17(13-18)12-16-7-4-3-5-8-16/h3-11,13-14H,12H2,1-2H3. The van der Waals surface area contributed by atoms with E-state index in [1.54, 1.807) is 11.6 Å². The number of benzene rings is 2. The van der Waals surface area contributed by atoms with Crippen molar-refractivity contribution in [2.24, 2.45) is 7.05 Å². The number of rotatable bonds is 3. The van der Waals surface area contributed by atoms with Gasteiger partial charge >= 0.3 is 0 Å². The first-order valence-corrected chi connectivity index (χ1v) is 7.44. The fourth-order valence-corrected chi connectivity index (χ4v) is 2.73. The fourth-order valence-electron chi connectivity index (χ4n) is 2.73. The summed E-state index contributed by atoms with van der Waals surface area (Å²) in [4.78, 5) is 11.8. The number of pyridine rings is 1. The highest BCUT2D eigenvalue weighted by Gasteiger charge is 2.04. The Kier molecular flexibility index (Phi) is 3.92. The van der Waals surface area contributed by atoms with Gasteiger partial charge in [-0.25, -0.2) is 0 Å². The van der Waals surface area contributed by atoms with Crippen LogP contribution in [0.4, 0.5) is 0 Å². The molecule has 0 saturated carbocycles. The van der Waals surface area contributed by atoms with Crippen LogP contribution in [0.3, 0.4) is 0 Å². The molecule has 2 nitrogen and oxygen atoms in total. The molecule has 0 saturated heterocycles. The molecule has 22 heavy (non-hydrogen) atoms. The normalized spacial score (nSPS) is 10.6. The molecule has 3 aromatic rings. The molecule has 0 radical (unpaired) electrons. The topological polar surface area (TPSA) is 22.0 Å². The number of aromatic nitrogens is 1. The van der Waals surface area contributed by atoms with Crippen LogP contribution in [0.25, 0.3) is 11.1 Å². The van der Waals surface area contributed by atoms with E-state index in [1.165, 1.54) is 11.1 Å². The van der Waals surface area contributed by atoms with E-state index in [2.05, 4.69) is 48.5 Å². The van der Waals surface area contributed by atoms with Crippen molar-refractivity contribution in [1.29, 1.82) is 0 Å². The van der Waals surface area contributed by atoms with E-state index in [-0.39, 0.29) is 5.56 Å². The molecule has 0 atom stereocenters. The van der Waals surface area contributed by atoms with Gasteiger partial charge in [-0.1, -0.05) is 54.6 Å². The maximum absolute atomic E-state index is 11.8. The molecule has 110 valence electrons. The Morgan fingerprint density at radius 2 is 1.59 bits per heavy atom. The van der Waals surface area contributed by atoms with Crippen molar-refractivity contribution in [3.8, 4) is 11.1 Å². The van der Waals surface area contributed by atoms with Crippen molar-refractivity contribution in [1.82, 2.24) is 4.57 Å². The lowest BCUT2D eigenvalue weighted by atomic mass is 9.99. The Morgan fingerprint density at radius 1 is 0.864 bits per heavy atom. The van der Waals surface area contributed by atoms with Crippen molar-refractivity contribution < 1.29 is 0 Å². The van der Waals surface area contributed by atoms with Crippen LogP contribution >= 0.6 is 0 Å². The van der Waals surface area contributed by atoms with Crippen LogP contribution in [-0.4, -0.2) is 4.57 Å². The second-order valence-corrected chi connectivity index (χ2v) is 5.69. The maximum Gasteiger partial charge on any atom is 0.253 e. The predicted octanol–water partition coefficient (Wildman–Crippen LogP) is 3.95. The highest BCUT2D eigenvalue weighted by atomic mass is 16.1. The lowest BCUT2D eigenvalue weighted by Crippen LogP contribution is -2.18. The van der Waals surface area contributed by atoms with Crippen molar-refractivity contribution in [3.63, 3.8) is 0 Å². The van der Waals surface area contributed by atoms with Gasteiger partial charge in [-0.05, 0) is 41.7 Å². The molecule has 0 bridgehead atoms. The Balaban J connectivity index is 1.96. The molecule has 2 aromatic carbocycles. The second kappa shape index (κ2) is 6.02. The van der Waals surface area contributed by atoms with Crippen molar-refractivity contribution >= 4 is 0 Å².